The molecule has 0 aliphatic rings. The molecule has 0 spiro atoms. The summed E-state index contributed by atoms with van der Waals surface area (Å²) in [5.74, 6) is 0.428. The van der Waals surface area contributed by atoms with Gasteiger partial charge in [0.15, 0.2) is 0 Å². The Morgan fingerprint density at radius 2 is 2.45 bits per heavy atom. The zero-order valence-electron chi connectivity index (χ0n) is 5.71. The fraction of sp³-hybridized carbons (Fsp3) is 0.143. The lowest BCUT2D eigenvalue weighted by atomic mass is 10.2. The molecule has 0 unspecified atom stereocenters. The van der Waals surface area contributed by atoms with Gasteiger partial charge in [0.05, 0.1) is 17.0 Å². The summed E-state index contributed by atoms with van der Waals surface area (Å²) in [6, 6.07) is 3.81. The van der Waals surface area contributed by atoms with Gasteiger partial charge < -0.3 is 5.73 Å². The maximum Gasteiger partial charge on any atom is 0.137 e. The molecule has 0 fully saturated rings. The van der Waals surface area contributed by atoms with Crippen molar-refractivity contribution in [3.63, 3.8) is 0 Å². The van der Waals surface area contributed by atoms with Crippen LogP contribution < -0.4 is 5.73 Å². The maximum atomic E-state index is 8.40. The molecule has 4 heteroatoms. The average Bonchev–Trinajstić information content (AvgIpc) is 1.99. The minimum absolute atomic E-state index is 0.354. The van der Waals surface area contributed by atoms with Crippen LogP contribution in [0.15, 0.2) is 16.7 Å². The number of hydrogen-bond acceptors (Lipinski definition) is 3. The summed E-state index contributed by atoms with van der Waals surface area (Å²) in [5, 5.41) is 8.40. The predicted octanol–water partition coefficient (Wildman–Crippen LogP) is 1.49. The number of nitrogens with two attached hydrogens (primary N) is 1. The monoisotopic (exact) mass is 211 g/mol. The second-order valence-electron chi connectivity index (χ2n) is 2.00. The predicted molar refractivity (Wildman–Crippen MR) is 45.7 cm³/mol. The lowest BCUT2D eigenvalue weighted by molar-refractivity contribution is 1.20. The first-order valence-corrected chi connectivity index (χ1v) is 3.81. The van der Waals surface area contributed by atoms with E-state index in [1.54, 1.807) is 12.3 Å². The first kappa shape index (κ1) is 8.02. The zero-order valence-corrected chi connectivity index (χ0v) is 7.30. The van der Waals surface area contributed by atoms with Crippen LogP contribution in [0.5, 0.6) is 0 Å². The number of nitrogen functional groups attached to an aromatic ring is 1. The van der Waals surface area contributed by atoms with E-state index in [1.165, 1.54) is 0 Å². The lowest BCUT2D eigenvalue weighted by Gasteiger charge is -2.00. The van der Waals surface area contributed by atoms with E-state index in [0.29, 0.717) is 12.2 Å². The first-order chi connectivity index (χ1) is 5.25. The molecular weight excluding hydrogens is 206 g/mol. The molecule has 56 valence electrons. The number of halogens is 1. The van der Waals surface area contributed by atoms with Crippen molar-refractivity contribution < 1.29 is 0 Å². The topological polar surface area (TPSA) is 62.7 Å². The van der Waals surface area contributed by atoms with Crippen LogP contribution in [0.2, 0.25) is 0 Å². The first-order valence-electron chi connectivity index (χ1n) is 3.01. The molecule has 0 saturated carbocycles. The Morgan fingerprint density at radius 3 is 3.09 bits per heavy atom. The second-order valence-corrected chi connectivity index (χ2v) is 2.80. The Labute approximate surface area is 73.0 Å². The van der Waals surface area contributed by atoms with Crippen molar-refractivity contribution in [2.24, 2.45) is 0 Å². The molecule has 0 aliphatic carbocycles. The van der Waals surface area contributed by atoms with Crippen molar-refractivity contribution in [1.82, 2.24) is 4.98 Å². The second kappa shape index (κ2) is 3.35. The normalized spacial score (nSPS) is 9.09. The molecule has 0 amide bonds. The van der Waals surface area contributed by atoms with Gasteiger partial charge in [-0.3, -0.25) is 0 Å². The summed E-state index contributed by atoms with van der Waals surface area (Å²) in [5.41, 5.74) is 6.36. The van der Waals surface area contributed by atoms with E-state index >= 15 is 0 Å². The third kappa shape index (κ3) is 1.69. The van der Waals surface area contributed by atoms with Gasteiger partial charge >= 0.3 is 0 Å². The summed E-state index contributed by atoms with van der Waals surface area (Å²) >= 11 is 3.24. The molecule has 0 aliphatic heterocycles. The zero-order chi connectivity index (χ0) is 8.27. The molecule has 1 heterocycles. The molecule has 0 radical (unpaired) electrons. The molecule has 3 nitrogen and oxygen atoms in total. The summed E-state index contributed by atoms with van der Waals surface area (Å²) in [6.45, 7) is 0. The van der Waals surface area contributed by atoms with Crippen molar-refractivity contribution in [3.8, 4) is 6.07 Å². The average molecular weight is 212 g/mol. The van der Waals surface area contributed by atoms with E-state index in [0.717, 1.165) is 10.0 Å². The number of nitrogens with zero attached hydrogens (tertiary/aromatic N) is 2. The summed E-state index contributed by atoms with van der Waals surface area (Å²) < 4.78 is 0.724. The Balaban J connectivity index is 3.08. The molecule has 0 saturated heterocycles. The number of pyridine rings is 1. The number of hydrogen-bond donors (Lipinski definition) is 1. The van der Waals surface area contributed by atoms with Gasteiger partial charge in [0.1, 0.15) is 5.82 Å². The fourth-order valence-electron chi connectivity index (χ4n) is 0.724. The minimum atomic E-state index is 0.354. The molecule has 1 rings (SSSR count). The van der Waals surface area contributed by atoms with Crippen molar-refractivity contribution in [1.29, 1.82) is 5.26 Å². The van der Waals surface area contributed by atoms with Crippen LogP contribution in [-0.4, -0.2) is 4.98 Å². The lowest BCUT2D eigenvalue weighted by Crippen LogP contribution is -1.94. The third-order valence-electron chi connectivity index (χ3n) is 1.27. The maximum absolute atomic E-state index is 8.40. The number of anilines is 1. The standard InChI is InChI=1S/C7H6BrN3/c8-6-5(1-3-9)2-4-11-7(6)10/h2,4H,1H2,(H2,10,11). The fourth-order valence-corrected chi connectivity index (χ4v) is 1.10. The smallest absolute Gasteiger partial charge is 0.137 e. The van der Waals surface area contributed by atoms with Crippen LogP contribution in [0.3, 0.4) is 0 Å². The van der Waals surface area contributed by atoms with Gasteiger partial charge in [0.25, 0.3) is 0 Å². The van der Waals surface area contributed by atoms with Gasteiger partial charge in [-0.2, -0.15) is 5.26 Å². The van der Waals surface area contributed by atoms with Crippen LogP contribution in [0.4, 0.5) is 5.82 Å². The van der Waals surface area contributed by atoms with Crippen molar-refractivity contribution in [2.75, 3.05) is 5.73 Å². The summed E-state index contributed by atoms with van der Waals surface area (Å²) in [6.07, 6.45) is 1.94. The van der Waals surface area contributed by atoms with E-state index in [9.17, 15) is 0 Å². The quantitative estimate of drug-likeness (QED) is 0.766. The van der Waals surface area contributed by atoms with Crippen molar-refractivity contribution >= 4 is 21.7 Å². The molecule has 2 N–H and O–H groups in total. The van der Waals surface area contributed by atoms with Gasteiger partial charge in [-0.05, 0) is 27.6 Å². The van der Waals surface area contributed by atoms with Crippen molar-refractivity contribution in [2.45, 2.75) is 6.42 Å². The van der Waals surface area contributed by atoms with Crippen LogP contribution in [-0.2, 0) is 6.42 Å². The van der Waals surface area contributed by atoms with Crippen LogP contribution in [0.1, 0.15) is 5.56 Å². The largest absolute Gasteiger partial charge is 0.383 e. The molecule has 1 aromatic rings. The summed E-state index contributed by atoms with van der Waals surface area (Å²) in [7, 11) is 0. The van der Waals surface area contributed by atoms with Gasteiger partial charge in [0.2, 0.25) is 0 Å². The van der Waals surface area contributed by atoms with Crippen LogP contribution >= 0.6 is 15.9 Å². The number of rotatable bonds is 1. The number of nitriles is 1. The van der Waals surface area contributed by atoms with Gasteiger partial charge in [-0.1, -0.05) is 0 Å². The Bertz CT molecular complexity index is 303. The Morgan fingerprint density at radius 1 is 1.73 bits per heavy atom. The van der Waals surface area contributed by atoms with Crippen molar-refractivity contribution in [3.05, 3.63) is 22.3 Å². The SMILES string of the molecule is N#CCc1ccnc(N)c1Br. The molecule has 0 aromatic carbocycles. The van der Waals surface area contributed by atoms with E-state index < -0.39 is 0 Å². The van der Waals surface area contributed by atoms with Gasteiger partial charge in [-0.15, -0.1) is 0 Å². The summed E-state index contributed by atoms with van der Waals surface area (Å²) in [4.78, 5) is 3.84. The highest BCUT2D eigenvalue weighted by atomic mass is 79.9. The van der Waals surface area contributed by atoms with Gasteiger partial charge in [0, 0.05) is 6.20 Å². The highest BCUT2D eigenvalue weighted by Crippen LogP contribution is 2.21. The highest BCUT2D eigenvalue weighted by Gasteiger charge is 2.01. The van der Waals surface area contributed by atoms with E-state index in [-0.39, 0.29) is 0 Å². The van der Waals surface area contributed by atoms with E-state index in [4.69, 9.17) is 11.0 Å². The van der Waals surface area contributed by atoms with Gasteiger partial charge in [-0.25, -0.2) is 4.98 Å². The molecule has 0 bridgehead atoms. The van der Waals surface area contributed by atoms with Crippen LogP contribution in [0.25, 0.3) is 0 Å². The molecular formula is C7H6BrN3. The molecule has 1 aromatic heterocycles. The number of aromatic nitrogens is 1. The Kier molecular flexibility index (Phi) is 2.44. The van der Waals surface area contributed by atoms with E-state index in [1.807, 2.05) is 6.07 Å². The highest BCUT2D eigenvalue weighted by molar-refractivity contribution is 9.10. The Hall–Kier alpha value is -1.08. The third-order valence-corrected chi connectivity index (χ3v) is 2.18. The van der Waals surface area contributed by atoms with E-state index in [2.05, 4.69) is 20.9 Å². The molecule has 11 heavy (non-hydrogen) atoms. The molecule has 0 atom stereocenters. The minimum Gasteiger partial charge on any atom is -0.383 e. The van der Waals surface area contributed by atoms with Crippen LogP contribution in [0, 0.1) is 11.3 Å².